The van der Waals surface area contributed by atoms with Crippen LogP contribution in [0.1, 0.15) is 55.9 Å². The van der Waals surface area contributed by atoms with Gasteiger partial charge in [-0.05, 0) is 50.5 Å². The summed E-state index contributed by atoms with van der Waals surface area (Å²) in [4.78, 5) is 28.2. The number of nitrogens with one attached hydrogen (secondary N) is 2. The van der Waals surface area contributed by atoms with Gasteiger partial charge in [-0.1, -0.05) is 6.92 Å². The summed E-state index contributed by atoms with van der Waals surface area (Å²) in [5.41, 5.74) is 0.972. The van der Waals surface area contributed by atoms with Crippen molar-refractivity contribution in [2.45, 2.75) is 57.7 Å². The molecule has 1 saturated heterocycles. The van der Waals surface area contributed by atoms with E-state index in [4.69, 9.17) is 4.74 Å². The minimum Gasteiger partial charge on any atom is -0.481 e. The van der Waals surface area contributed by atoms with Gasteiger partial charge in [-0.15, -0.1) is 0 Å². The van der Waals surface area contributed by atoms with Crippen LogP contribution in [0.3, 0.4) is 0 Å². The molecule has 1 saturated carbocycles. The predicted octanol–water partition coefficient (Wildman–Crippen LogP) is 4.35. The lowest BCUT2D eigenvalue weighted by Gasteiger charge is -2.30. The van der Waals surface area contributed by atoms with E-state index in [0.717, 1.165) is 32.1 Å². The van der Waals surface area contributed by atoms with Gasteiger partial charge in [0, 0.05) is 30.8 Å². The number of carbonyl (C=O) groups is 2. The number of amides is 2. The molecule has 2 N–H and O–H groups in total. The van der Waals surface area contributed by atoms with Crippen molar-refractivity contribution < 1.29 is 31.9 Å². The third-order valence-corrected chi connectivity index (χ3v) is 6.56. The van der Waals surface area contributed by atoms with Gasteiger partial charge < -0.3 is 15.0 Å². The first-order valence-corrected chi connectivity index (χ1v) is 11.9. The molecule has 2 aromatic heterocycles. The zero-order chi connectivity index (χ0) is 26.3. The van der Waals surface area contributed by atoms with Gasteiger partial charge >= 0.3 is 6.18 Å². The Balaban J connectivity index is 0.000000236. The van der Waals surface area contributed by atoms with E-state index in [1.54, 1.807) is 6.07 Å². The largest absolute Gasteiger partial charge is 0.481 e. The van der Waals surface area contributed by atoms with Crippen LogP contribution in [-0.4, -0.2) is 64.8 Å². The highest BCUT2D eigenvalue weighted by Gasteiger charge is 2.41. The standard InChI is InChI=1S/C16H19FN4O2.C8H12F3NO/c1-10-4-3-5-21(9-10)16(22)14-7-13(19-20-14)11-6-15(23-2)18-8-12(11)17;9-8(10,11)6-1-3-7(4-2-6)12-5-13/h6-8,10H,3-5,9H2,1-2H3,(H,19,20);5-7H,1-4H2,(H,12,13). The molecular weight excluding hydrogens is 482 g/mol. The van der Waals surface area contributed by atoms with Crippen LogP contribution in [0.2, 0.25) is 0 Å². The van der Waals surface area contributed by atoms with Gasteiger partial charge in [-0.25, -0.2) is 9.37 Å². The van der Waals surface area contributed by atoms with Crippen molar-refractivity contribution in [2.75, 3.05) is 20.2 Å². The Morgan fingerprint density at radius 3 is 2.56 bits per heavy atom. The van der Waals surface area contributed by atoms with E-state index in [9.17, 15) is 27.2 Å². The van der Waals surface area contributed by atoms with Gasteiger partial charge in [0.05, 0.1) is 24.9 Å². The number of pyridine rings is 1. The van der Waals surface area contributed by atoms with Gasteiger partial charge in [0.15, 0.2) is 5.82 Å². The lowest BCUT2D eigenvalue weighted by molar-refractivity contribution is -0.182. The number of ether oxygens (including phenoxy) is 1. The van der Waals surface area contributed by atoms with Crippen molar-refractivity contribution in [3.63, 3.8) is 0 Å². The van der Waals surface area contributed by atoms with Crippen molar-refractivity contribution in [2.24, 2.45) is 11.8 Å². The number of nitrogens with zero attached hydrogens (tertiary/aromatic N) is 3. The first-order chi connectivity index (χ1) is 17.1. The summed E-state index contributed by atoms with van der Waals surface area (Å²) in [6.07, 6.45) is 0.849. The number of aromatic nitrogens is 3. The van der Waals surface area contributed by atoms with Crippen LogP contribution in [0.25, 0.3) is 11.3 Å². The van der Waals surface area contributed by atoms with Gasteiger partial charge in [-0.2, -0.15) is 18.3 Å². The van der Waals surface area contributed by atoms with Crippen LogP contribution in [0.5, 0.6) is 5.88 Å². The molecule has 1 aliphatic heterocycles. The molecule has 4 rings (SSSR count). The zero-order valence-electron chi connectivity index (χ0n) is 20.3. The van der Waals surface area contributed by atoms with E-state index in [-0.39, 0.29) is 30.4 Å². The van der Waals surface area contributed by atoms with Crippen LogP contribution < -0.4 is 10.1 Å². The average molecular weight is 514 g/mol. The Morgan fingerprint density at radius 1 is 1.22 bits per heavy atom. The smallest absolute Gasteiger partial charge is 0.391 e. The summed E-state index contributed by atoms with van der Waals surface area (Å²) in [7, 11) is 1.46. The molecule has 1 atom stereocenters. The molecule has 8 nitrogen and oxygen atoms in total. The maximum Gasteiger partial charge on any atom is 0.391 e. The second-order valence-electron chi connectivity index (χ2n) is 9.25. The normalized spacial score (nSPS) is 22.3. The maximum atomic E-state index is 13.9. The number of rotatable bonds is 5. The summed E-state index contributed by atoms with van der Waals surface area (Å²) in [5.74, 6) is -0.990. The predicted molar refractivity (Wildman–Crippen MR) is 124 cm³/mol. The summed E-state index contributed by atoms with van der Waals surface area (Å²) < 4.78 is 55.4. The van der Waals surface area contributed by atoms with E-state index in [1.807, 2.05) is 4.90 Å². The Kier molecular flexibility index (Phi) is 9.27. The van der Waals surface area contributed by atoms with Crippen molar-refractivity contribution in [3.8, 4) is 17.1 Å². The highest BCUT2D eigenvalue weighted by molar-refractivity contribution is 5.93. The van der Waals surface area contributed by atoms with Crippen molar-refractivity contribution in [1.29, 1.82) is 0 Å². The molecule has 2 aliphatic rings. The van der Waals surface area contributed by atoms with Crippen LogP contribution in [-0.2, 0) is 4.79 Å². The minimum absolute atomic E-state index is 0.0592. The number of H-pyrrole nitrogens is 1. The highest BCUT2D eigenvalue weighted by atomic mass is 19.4. The van der Waals surface area contributed by atoms with Gasteiger partial charge in [-0.3, -0.25) is 14.7 Å². The quantitative estimate of drug-likeness (QED) is 0.458. The van der Waals surface area contributed by atoms with E-state index >= 15 is 0 Å². The highest BCUT2D eigenvalue weighted by Crippen LogP contribution is 2.37. The van der Waals surface area contributed by atoms with Gasteiger partial charge in [0.25, 0.3) is 5.91 Å². The number of hydrogen-bond donors (Lipinski definition) is 2. The van der Waals surface area contributed by atoms with Crippen LogP contribution in [0.15, 0.2) is 18.3 Å². The minimum atomic E-state index is -4.06. The number of aromatic amines is 1. The van der Waals surface area contributed by atoms with Crippen molar-refractivity contribution in [1.82, 2.24) is 25.4 Å². The second-order valence-corrected chi connectivity index (χ2v) is 9.25. The molecule has 198 valence electrons. The molecule has 0 bridgehead atoms. The van der Waals surface area contributed by atoms with E-state index in [2.05, 4.69) is 27.4 Å². The van der Waals surface area contributed by atoms with E-state index < -0.39 is 17.9 Å². The summed E-state index contributed by atoms with van der Waals surface area (Å²) >= 11 is 0. The monoisotopic (exact) mass is 513 g/mol. The molecule has 2 fully saturated rings. The summed E-state index contributed by atoms with van der Waals surface area (Å²) in [6.45, 7) is 3.62. The number of carbonyl (C=O) groups excluding carboxylic acids is 2. The number of hydrogen-bond acceptors (Lipinski definition) is 5. The fourth-order valence-corrected chi connectivity index (χ4v) is 4.52. The molecule has 0 radical (unpaired) electrons. The first-order valence-electron chi connectivity index (χ1n) is 11.9. The molecule has 3 heterocycles. The molecule has 0 aromatic carbocycles. The molecule has 1 aliphatic carbocycles. The zero-order valence-corrected chi connectivity index (χ0v) is 20.3. The number of likely N-dealkylation sites (tertiary alicyclic amines) is 1. The fraction of sp³-hybridized carbons (Fsp3) is 0.583. The molecular formula is C24H31F4N5O3. The van der Waals surface area contributed by atoms with E-state index in [0.29, 0.717) is 42.4 Å². The van der Waals surface area contributed by atoms with Crippen LogP contribution in [0.4, 0.5) is 17.6 Å². The van der Waals surface area contributed by atoms with Crippen LogP contribution >= 0.6 is 0 Å². The Bertz CT molecular complexity index is 1020. The summed E-state index contributed by atoms with van der Waals surface area (Å²) in [5, 5.41) is 9.28. The Hall–Kier alpha value is -3.18. The Labute approximate surface area is 206 Å². The lowest BCUT2D eigenvalue weighted by atomic mass is 9.86. The summed E-state index contributed by atoms with van der Waals surface area (Å²) in [6, 6.07) is 2.97. The van der Waals surface area contributed by atoms with E-state index in [1.165, 1.54) is 13.2 Å². The van der Waals surface area contributed by atoms with Crippen molar-refractivity contribution in [3.05, 3.63) is 29.8 Å². The average Bonchev–Trinajstić information content (AvgIpc) is 3.34. The molecule has 0 spiro atoms. The van der Waals surface area contributed by atoms with Gasteiger partial charge in [0.1, 0.15) is 5.69 Å². The lowest BCUT2D eigenvalue weighted by Crippen LogP contribution is -2.39. The Morgan fingerprint density at radius 2 is 1.94 bits per heavy atom. The SMILES string of the molecule is COc1cc(-c2cc(C(=O)N3CCCC(C)C3)[nH]n2)c(F)cn1.O=CNC1CCC(C(F)(F)F)CC1. The topological polar surface area (TPSA) is 100 Å². The number of alkyl halides is 3. The number of methoxy groups -OCH3 is 1. The first kappa shape index (κ1) is 27.4. The third kappa shape index (κ3) is 7.17. The maximum absolute atomic E-state index is 13.9. The fourth-order valence-electron chi connectivity index (χ4n) is 4.52. The molecule has 12 heteroatoms. The van der Waals surface area contributed by atoms with Crippen LogP contribution in [0, 0.1) is 17.7 Å². The number of halogens is 4. The molecule has 36 heavy (non-hydrogen) atoms. The molecule has 2 amide bonds. The second kappa shape index (κ2) is 12.2. The molecule has 1 unspecified atom stereocenters. The number of piperidine rings is 1. The van der Waals surface area contributed by atoms with Gasteiger partial charge in [0.2, 0.25) is 12.3 Å². The third-order valence-electron chi connectivity index (χ3n) is 6.56. The molecule has 2 aromatic rings. The van der Waals surface area contributed by atoms with Crippen molar-refractivity contribution >= 4 is 12.3 Å².